The molecule has 3 saturated carbocycles. The Hall–Kier alpha value is -1.69. The van der Waals surface area contributed by atoms with Crippen LogP contribution in [0.3, 0.4) is 0 Å². The van der Waals surface area contributed by atoms with E-state index >= 15 is 0 Å². The van der Waals surface area contributed by atoms with Crippen LogP contribution in [0.15, 0.2) is 12.4 Å². The van der Waals surface area contributed by atoms with Gasteiger partial charge in [0.2, 0.25) is 11.9 Å². The maximum atomic E-state index is 12.6. The number of amides is 1. The Morgan fingerprint density at radius 2 is 1.83 bits per heavy atom. The normalized spacial score (nSPS) is 30.3. The first-order valence-corrected chi connectivity index (χ1v) is 8.88. The fraction of sp³-hybridized carbons (Fsp3) is 0.706. The van der Waals surface area contributed by atoms with Gasteiger partial charge in [0.05, 0.1) is 18.1 Å². The van der Waals surface area contributed by atoms with Crippen molar-refractivity contribution in [3.63, 3.8) is 0 Å². The lowest BCUT2D eigenvalue weighted by Crippen LogP contribution is -2.44. The van der Waals surface area contributed by atoms with Crippen LogP contribution in [-0.2, 0) is 4.79 Å². The van der Waals surface area contributed by atoms with E-state index in [0.29, 0.717) is 5.92 Å². The summed E-state index contributed by atoms with van der Waals surface area (Å²) in [6.45, 7) is 3.78. The largest absolute Gasteiger partial charge is 0.338 e. The van der Waals surface area contributed by atoms with E-state index in [1.165, 1.54) is 25.7 Å². The topological polar surface area (TPSA) is 70.2 Å². The van der Waals surface area contributed by atoms with E-state index in [1.807, 2.05) is 0 Å². The van der Waals surface area contributed by atoms with E-state index in [9.17, 15) is 4.79 Å². The molecule has 4 fully saturated rings. The fourth-order valence-electron chi connectivity index (χ4n) is 4.35. The van der Waals surface area contributed by atoms with Crippen molar-refractivity contribution in [1.82, 2.24) is 15.3 Å². The molecular formula is C17H25N5O. The molecule has 5 rings (SSSR count). The molecule has 6 heteroatoms. The predicted molar refractivity (Wildman–Crippen MR) is 89.3 cm³/mol. The maximum Gasteiger partial charge on any atom is 0.227 e. The van der Waals surface area contributed by atoms with Crippen LogP contribution < -0.4 is 15.5 Å². The second kappa shape index (κ2) is 6.43. The number of rotatable bonds is 3. The first kappa shape index (κ1) is 14.9. The zero-order valence-electron chi connectivity index (χ0n) is 13.5. The Labute approximate surface area is 137 Å². The summed E-state index contributed by atoms with van der Waals surface area (Å²) in [5.74, 6) is 2.46. The fourth-order valence-corrected chi connectivity index (χ4v) is 4.35. The molecule has 1 unspecified atom stereocenters. The molecule has 1 aliphatic heterocycles. The monoisotopic (exact) mass is 315 g/mol. The minimum absolute atomic E-state index is 0.165. The van der Waals surface area contributed by atoms with E-state index in [-0.39, 0.29) is 11.8 Å². The molecule has 1 aromatic heterocycles. The lowest BCUT2D eigenvalue weighted by molar-refractivity contribution is -0.124. The molecule has 1 saturated heterocycles. The Kier molecular flexibility index (Phi) is 4.16. The van der Waals surface area contributed by atoms with Gasteiger partial charge in [-0.05, 0) is 31.1 Å². The first-order valence-electron chi connectivity index (χ1n) is 8.88. The number of fused-ring (bicyclic) bond motifs is 3. The highest BCUT2D eigenvalue weighted by Gasteiger charge is 2.39. The van der Waals surface area contributed by atoms with Gasteiger partial charge >= 0.3 is 0 Å². The Morgan fingerprint density at radius 3 is 2.43 bits per heavy atom. The number of carbonyl (C=O) groups excluding carboxylic acids is 1. The van der Waals surface area contributed by atoms with Gasteiger partial charge in [-0.3, -0.25) is 4.79 Å². The van der Waals surface area contributed by atoms with Gasteiger partial charge in [0, 0.05) is 32.1 Å². The van der Waals surface area contributed by atoms with Crippen LogP contribution in [0.2, 0.25) is 0 Å². The molecule has 0 spiro atoms. The zero-order chi connectivity index (χ0) is 15.6. The second-order valence-electron chi connectivity index (χ2n) is 7.12. The van der Waals surface area contributed by atoms with Gasteiger partial charge in [-0.15, -0.1) is 0 Å². The maximum absolute atomic E-state index is 12.6. The molecule has 1 atom stereocenters. The zero-order valence-corrected chi connectivity index (χ0v) is 13.5. The highest BCUT2D eigenvalue weighted by atomic mass is 16.1. The van der Waals surface area contributed by atoms with Gasteiger partial charge < -0.3 is 15.5 Å². The van der Waals surface area contributed by atoms with Crippen LogP contribution in [0.4, 0.5) is 11.6 Å². The molecule has 0 aromatic carbocycles. The number of anilines is 2. The quantitative estimate of drug-likeness (QED) is 0.887. The summed E-state index contributed by atoms with van der Waals surface area (Å²) in [6, 6.07) is 0. The molecule has 6 nitrogen and oxygen atoms in total. The van der Waals surface area contributed by atoms with Gasteiger partial charge in [0.25, 0.3) is 0 Å². The van der Waals surface area contributed by atoms with Gasteiger partial charge in [-0.1, -0.05) is 12.8 Å². The predicted octanol–water partition coefficient (Wildman–Crippen LogP) is 1.65. The van der Waals surface area contributed by atoms with E-state index in [1.54, 1.807) is 12.4 Å². The highest BCUT2D eigenvalue weighted by molar-refractivity contribution is 5.92. The average Bonchev–Trinajstić information content (AvgIpc) is 2.64. The van der Waals surface area contributed by atoms with Crippen molar-refractivity contribution < 1.29 is 4.79 Å². The number of hydrogen-bond donors (Lipinski definition) is 2. The molecule has 23 heavy (non-hydrogen) atoms. The van der Waals surface area contributed by atoms with Crippen molar-refractivity contribution in [3.8, 4) is 0 Å². The summed E-state index contributed by atoms with van der Waals surface area (Å²) < 4.78 is 0. The minimum atomic E-state index is 0.165. The lowest BCUT2D eigenvalue weighted by Gasteiger charge is -2.41. The highest BCUT2D eigenvalue weighted by Crippen LogP contribution is 2.45. The summed E-state index contributed by atoms with van der Waals surface area (Å²) in [5.41, 5.74) is 0.718. The molecule has 2 heterocycles. The third kappa shape index (κ3) is 3.17. The molecule has 4 aliphatic rings. The van der Waals surface area contributed by atoms with Crippen LogP contribution in [0.5, 0.6) is 0 Å². The number of nitrogens with zero attached hydrogens (tertiary/aromatic N) is 3. The third-order valence-corrected chi connectivity index (χ3v) is 5.69. The summed E-state index contributed by atoms with van der Waals surface area (Å²) in [7, 11) is 0. The van der Waals surface area contributed by atoms with Crippen molar-refractivity contribution in [3.05, 3.63) is 12.4 Å². The molecular weight excluding hydrogens is 290 g/mol. The number of aromatic nitrogens is 2. The minimum Gasteiger partial charge on any atom is -0.338 e. The van der Waals surface area contributed by atoms with E-state index in [2.05, 4.69) is 25.5 Å². The van der Waals surface area contributed by atoms with Crippen molar-refractivity contribution in [2.75, 3.05) is 36.4 Å². The molecule has 1 aromatic rings. The number of hydrogen-bond acceptors (Lipinski definition) is 5. The van der Waals surface area contributed by atoms with Gasteiger partial charge in [0.1, 0.15) is 0 Å². The molecule has 1 amide bonds. The molecule has 2 N–H and O–H groups in total. The second-order valence-corrected chi connectivity index (χ2v) is 7.12. The number of piperazine rings is 1. The van der Waals surface area contributed by atoms with Crippen molar-refractivity contribution in [1.29, 1.82) is 0 Å². The summed E-state index contributed by atoms with van der Waals surface area (Å²) in [4.78, 5) is 23.6. The number of carbonyl (C=O) groups is 1. The first-order chi connectivity index (χ1) is 11.3. The Morgan fingerprint density at radius 1 is 1.13 bits per heavy atom. The van der Waals surface area contributed by atoms with Crippen molar-refractivity contribution >= 4 is 17.5 Å². The van der Waals surface area contributed by atoms with Crippen molar-refractivity contribution in [2.24, 2.45) is 17.8 Å². The third-order valence-electron chi connectivity index (χ3n) is 5.69. The van der Waals surface area contributed by atoms with E-state index < -0.39 is 0 Å². The molecule has 2 bridgehead atoms. The van der Waals surface area contributed by atoms with Gasteiger partial charge in [0.15, 0.2) is 0 Å². The molecule has 124 valence electrons. The Bertz CT molecular complexity index is 547. The van der Waals surface area contributed by atoms with Gasteiger partial charge in [-0.25, -0.2) is 9.97 Å². The number of nitrogens with one attached hydrogen (secondary N) is 2. The average molecular weight is 315 g/mol. The van der Waals surface area contributed by atoms with E-state index in [0.717, 1.165) is 50.2 Å². The van der Waals surface area contributed by atoms with Crippen LogP contribution in [0.1, 0.15) is 32.1 Å². The summed E-state index contributed by atoms with van der Waals surface area (Å²) in [5, 5.41) is 6.35. The van der Waals surface area contributed by atoms with Crippen LogP contribution in [-0.4, -0.2) is 42.1 Å². The Balaban J connectivity index is 1.37. The van der Waals surface area contributed by atoms with Crippen LogP contribution >= 0.6 is 0 Å². The SMILES string of the molecule is O=C(Nc1cnc(N2CCNCC2)nc1)C1CC2CCC1CC2. The smallest absolute Gasteiger partial charge is 0.227 e. The van der Waals surface area contributed by atoms with Crippen LogP contribution in [0, 0.1) is 17.8 Å². The van der Waals surface area contributed by atoms with Crippen LogP contribution in [0.25, 0.3) is 0 Å². The summed E-state index contributed by atoms with van der Waals surface area (Å²) >= 11 is 0. The van der Waals surface area contributed by atoms with Gasteiger partial charge in [-0.2, -0.15) is 0 Å². The van der Waals surface area contributed by atoms with E-state index in [4.69, 9.17) is 0 Å². The standard InChI is InChI=1S/C17H25N5O/c23-16(15-9-12-1-3-13(15)4-2-12)21-14-10-19-17(20-11-14)22-7-5-18-6-8-22/h10-13,15,18H,1-9H2,(H,21,23). The van der Waals surface area contributed by atoms with Crippen molar-refractivity contribution in [2.45, 2.75) is 32.1 Å². The molecule has 3 aliphatic carbocycles. The molecule has 0 radical (unpaired) electrons. The lowest BCUT2D eigenvalue weighted by atomic mass is 9.64. The summed E-state index contributed by atoms with van der Waals surface area (Å²) in [6.07, 6.45) is 9.62.